The van der Waals surface area contributed by atoms with Gasteiger partial charge in [-0.15, -0.1) is 0 Å². The van der Waals surface area contributed by atoms with Gasteiger partial charge in [0.15, 0.2) is 6.61 Å². The monoisotopic (exact) mass is 264 g/mol. The fourth-order valence-electron chi connectivity index (χ4n) is 2.93. The van der Waals surface area contributed by atoms with Crippen LogP contribution >= 0.6 is 0 Å². The van der Waals surface area contributed by atoms with Gasteiger partial charge in [-0.1, -0.05) is 6.92 Å². The number of pyridine rings is 1. The minimum atomic E-state index is -0.439. The number of hydrogen-bond acceptors (Lipinski definition) is 3. The number of halogens is 1. The second-order valence-corrected chi connectivity index (χ2v) is 5.44. The summed E-state index contributed by atoms with van der Waals surface area (Å²) in [5.41, 5.74) is 0.482. The van der Waals surface area contributed by atoms with E-state index < -0.39 is 5.82 Å². The first kappa shape index (κ1) is 12.4. The van der Waals surface area contributed by atoms with Gasteiger partial charge in [0, 0.05) is 12.1 Å². The molecule has 2 heterocycles. The van der Waals surface area contributed by atoms with E-state index >= 15 is 0 Å². The molecule has 0 radical (unpaired) electrons. The molecule has 1 saturated carbocycles. The number of hydrogen-bond donors (Lipinski definition) is 0. The second-order valence-electron chi connectivity index (χ2n) is 5.44. The molecule has 102 valence electrons. The Morgan fingerprint density at radius 1 is 1.37 bits per heavy atom. The molecule has 1 fully saturated rings. The number of nitrogens with zero attached hydrogens (tertiary/aromatic N) is 2. The van der Waals surface area contributed by atoms with Crippen molar-refractivity contribution in [1.29, 1.82) is 0 Å². The Morgan fingerprint density at radius 2 is 2.11 bits per heavy atom. The SMILES string of the molecule is CC1CCC(N2C(=O)COc3ncc(F)cc32)CC1. The zero-order valence-electron chi connectivity index (χ0n) is 10.9. The van der Waals surface area contributed by atoms with Gasteiger partial charge in [-0.05, 0) is 31.6 Å². The first-order valence-corrected chi connectivity index (χ1v) is 6.75. The molecular formula is C14H17FN2O2. The predicted molar refractivity (Wildman–Crippen MR) is 68.6 cm³/mol. The van der Waals surface area contributed by atoms with Crippen molar-refractivity contribution in [3.05, 3.63) is 18.1 Å². The first-order valence-electron chi connectivity index (χ1n) is 6.75. The smallest absolute Gasteiger partial charge is 0.265 e. The van der Waals surface area contributed by atoms with Crippen LogP contribution in [0.1, 0.15) is 32.6 Å². The maximum absolute atomic E-state index is 13.4. The van der Waals surface area contributed by atoms with E-state index in [-0.39, 0.29) is 18.6 Å². The fourth-order valence-corrected chi connectivity index (χ4v) is 2.93. The van der Waals surface area contributed by atoms with Crippen LogP contribution in [0.3, 0.4) is 0 Å². The van der Waals surface area contributed by atoms with E-state index in [9.17, 15) is 9.18 Å². The fraction of sp³-hybridized carbons (Fsp3) is 0.571. The number of carbonyl (C=O) groups is 1. The van der Waals surface area contributed by atoms with Crippen molar-refractivity contribution in [1.82, 2.24) is 4.98 Å². The number of rotatable bonds is 1. The summed E-state index contributed by atoms with van der Waals surface area (Å²) in [5, 5.41) is 0. The Morgan fingerprint density at radius 3 is 2.84 bits per heavy atom. The van der Waals surface area contributed by atoms with E-state index in [2.05, 4.69) is 11.9 Å². The zero-order valence-corrected chi connectivity index (χ0v) is 10.9. The van der Waals surface area contributed by atoms with Crippen molar-refractivity contribution in [3.8, 4) is 5.88 Å². The topological polar surface area (TPSA) is 42.4 Å². The summed E-state index contributed by atoms with van der Waals surface area (Å²) in [6.45, 7) is 2.23. The van der Waals surface area contributed by atoms with Crippen molar-refractivity contribution in [2.24, 2.45) is 5.92 Å². The van der Waals surface area contributed by atoms with E-state index in [0.29, 0.717) is 17.5 Å². The lowest BCUT2D eigenvalue weighted by Gasteiger charge is -2.38. The molecule has 0 spiro atoms. The van der Waals surface area contributed by atoms with Crippen molar-refractivity contribution < 1.29 is 13.9 Å². The van der Waals surface area contributed by atoms with Gasteiger partial charge in [0.2, 0.25) is 5.88 Å². The van der Waals surface area contributed by atoms with Gasteiger partial charge in [0.1, 0.15) is 11.5 Å². The minimum absolute atomic E-state index is 0.00230. The summed E-state index contributed by atoms with van der Waals surface area (Å²) in [5.74, 6) is 0.530. The molecule has 0 unspecified atom stereocenters. The molecule has 5 heteroatoms. The maximum Gasteiger partial charge on any atom is 0.265 e. The largest absolute Gasteiger partial charge is 0.466 e. The molecule has 1 aromatic heterocycles. The van der Waals surface area contributed by atoms with Crippen LogP contribution in [0, 0.1) is 11.7 Å². The lowest BCUT2D eigenvalue weighted by Crippen LogP contribution is -2.47. The molecule has 4 nitrogen and oxygen atoms in total. The van der Waals surface area contributed by atoms with Crippen LogP contribution in [-0.2, 0) is 4.79 Å². The van der Waals surface area contributed by atoms with Crippen LogP contribution < -0.4 is 9.64 Å². The number of anilines is 1. The van der Waals surface area contributed by atoms with Crippen LogP contribution in [0.5, 0.6) is 5.88 Å². The molecule has 1 aliphatic heterocycles. The molecule has 3 rings (SSSR count). The van der Waals surface area contributed by atoms with E-state index in [0.717, 1.165) is 31.9 Å². The first-order chi connectivity index (χ1) is 9.15. The molecule has 1 aliphatic carbocycles. The third-order valence-electron chi connectivity index (χ3n) is 4.01. The summed E-state index contributed by atoms with van der Waals surface area (Å²) in [6, 6.07) is 1.49. The number of aromatic nitrogens is 1. The highest BCUT2D eigenvalue weighted by Gasteiger charge is 2.34. The third-order valence-corrected chi connectivity index (χ3v) is 4.01. The number of carbonyl (C=O) groups excluding carboxylic acids is 1. The number of amides is 1. The Balaban J connectivity index is 1.92. The minimum Gasteiger partial charge on any atom is -0.466 e. The maximum atomic E-state index is 13.4. The van der Waals surface area contributed by atoms with Crippen molar-refractivity contribution in [2.45, 2.75) is 38.6 Å². The van der Waals surface area contributed by atoms with Crippen molar-refractivity contribution in [2.75, 3.05) is 11.5 Å². The molecule has 0 saturated heterocycles. The molecule has 1 amide bonds. The van der Waals surface area contributed by atoms with Crippen molar-refractivity contribution >= 4 is 11.6 Å². The molecule has 0 bridgehead atoms. The molecule has 0 atom stereocenters. The highest BCUT2D eigenvalue weighted by atomic mass is 19.1. The van der Waals surface area contributed by atoms with Gasteiger partial charge in [-0.2, -0.15) is 0 Å². The lowest BCUT2D eigenvalue weighted by atomic mass is 9.86. The molecule has 0 N–H and O–H groups in total. The quantitative estimate of drug-likeness (QED) is 0.782. The van der Waals surface area contributed by atoms with Gasteiger partial charge in [0.05, 0.1) is 6.20 Å². The summed E-state index contributed by atoms with van der Waals surface area (Å²) >= 11 is 0. The van der Waals surface area contributed by atoms with Crippen LogP contribution in [0.4, 0.5) is 10.1 Å². The number of ether oxygens (including phenoxy) is 1. The van der Waals surface area contributed by atoms with Crippen LogP contribution in [-0.4, -0.2) is 23.5 Å². The van der Waals surface area contributed by atoms with E-state index in [1.807, 2.05) is 0 Å². The zero-order chi connectivity index (χ0) is 13.4. The van der Waals surface area contributed by atoms with Gasteiger partial charge < -0.3 is 9.64 Å². The highest BCUT2D eigenvalue weighted by molar-refractivity contribution is 5.97. The number of fused-ring (bicyclic) bond motifs is 1. The predicted octanol–water partition coefficient (Wildman–Crippen LogP) is 2.52. The summed E-state index contributed by atoms with van der Waals surface area (Å²) in [6.07, 6.45) is 5.25. The van der Waals surface area contributed by atoms with E-state index in [4.69, 9.17) is 4.74 Å². The lowest BCUT2D eigenvalue weighted by molar-refractivity contribution is -0.122. The Kier molecular flexibility index (Phi) is 3.12. The average molecular weight is 264 g/mol. The molecular weight excluding hydrogens is 247 g/mol. The summed E-state index contributed by atoms with van der Waals surface area (Å²) in [7, 11) is 0. The standard InChI is InChI=1S/C14H17FN2O2/c1-9-2-4-11(5-3-9)17-12-6-10(15)7-16-14(12)19-8-13(17)18/h6-7,9,11H,2-5,8H2,1H3. The van der Waals surface area contributed by atoms with Gasteiger partial charge in [-0.25, -0.2) is 9.37 Å². The van der Waals surface area contributed by atoms with Crippen LogP contribution in [0.2, 0.25) is 0 Å². The Labute approximate surface area is 111 Å². The molecule has 1 aromatic rings. The average Bonchev–Trinajstić information content (AvgIpc) is 2.40. The normalized spacial score (nSPS) is 26.8. The summed E-state index contributed by atoms with van der Waals surface area (Å²) < 4.78 is 18.6. The van der Waals surface area contributed by atoms with Gasteiger partial charge >= 0.3 is 0 Å². The van der Waals surface area contributed by atoms with Crippen molar-refractivity contribution in [3.63, 3.8) is 0 Å². The molecule has 0 aromatic carbocycles. The Hall–Kier alpha value is -1.65. The van der Waals surface area contributed by atoms with Gasteiger partial charge in [0.25, 0.3) is 5.91 Å². The summed E-state index contributed by atoms with van der Waals surface area (Å²) in [4.78, 5) is 17.7. The highest BCUT2D eigenvalue weighted by Crippen LogP contribution is 2.36. The van der Waals surface area contributed by atoms with Gasteiger partial charge in [-0.3, -0.25) is 4.79 Å². The third kappa shape index (κ3) is 2.29. The Bertz CT molecular complexity index is 498. The molecule has 2 aliphatic rings. The van der Waals surface area contributed by atoms with Crippen LogP contribution in [0.25, 0.3) is 0 Å². The van der Waals surface area contributed by atoms with E-state index in [1.54, 1.807) is 4.90 Å². The van der Waals surface area contributed by atoms with Crippen LogP contribution in [0.15, 0.2) is 12.3 Å². The van der Waals surface area contributed by atoms with E-state index in [1.165, 1.54) is 6.07 Å². The molecule has 19 heavy (non-hydrogen) atoms. The second kappa shape index (κ2) is 4.79.